The fraction of sp³-hybridized carbons (Fsp3) is 0.167. The van der Waals surface area contributed by atoms with Gasteiger partial charge in [-0.15, -0.1) is 0 Å². The van der Waals surface area contributed by atoms with Crippen molar-refractivity contribution in [2.45, 2.75) is 20.4 Å². The fourth-order valence-electron chi connectivity index (χ4n) is 3.92. The molecule has 0 saturated heterocycles. The molecule has 0 spiro atoms. The lowest BCUT2D eigenvalue weighted by atomic mass is 10.1. The third kappa shape index (κ3) is 3.71. The Hall–Kier alpha value is -4.07. The molecular weight excluding hydrogens is 405 g/mol. The summed E-state index contributed by atoms with van der Waals surface area (Å²) in [6.07, 6.45) is 4.71. The number of halogens is 1. The second-order valence-corrected chi connectivity index (χ2v) is 7.67. The van der Waals surface area contributed by atoms with Crippen LogP contribution in [-0.2, 0) is 6.54 Å². The highest BCUT2D eigenvalue weighted by molar-refractivity contribution is 5.85. The first-order chi connectivity index (χ1) is 15.6. The molecule has 0 aliphatic carbocycles. The molecule has 32 heavy (non-hydrogen) atoms. The summed E-state index contributed by atoms with van der Waals surface area (Å²) >= 11 is 0. The van der Waals surface area contributed by atoms with Gasteiger partial charge in [-0.05, 0) is 43.7 Å². The number of nitrogens with zero attached hydrogens (tertiary/aromatic N) is 6. The van der Waals surface area contributed by atoms with Crippen LogP contribution in [0.5, 0.6) is 0 Å². The van der Waals surface area contributed by atoms with Crippen molar-refractivity contribution in [3.8, 4) is 16.9 Å². The first-order valence-corrected chi connectivity index (χ1v) is 10.4. The number of nitrogens with one attached hydrogen (secondary N) is 1. The predicted octanol–water partition coefficient (Wildman–Crippen LogP) is 4.55. The summed E-state index contributed by atoms with van der Waals surface area (Å²) in [6.45, 7) is 5.25. The zero-order chi connectivity index (χ0) is 22.1. The van der Waals surface area contributed by atoms with E-state index in [-0.39, 0.29) is 5.82 Å². The lowest BCUT2D eigenvalue weighted by Crippen LogP contribution is -2.13. The number of rotatable bonds is 6. The molecule has 0 aliphatic heterocycles. The van der Waals surface area contributed by atoms with Gasteiger partial charge in [0.15, 0.2) is 0 Å². The Labute approximate surface area is 184 Å². The molecule has 3 aromatic heterocycles. The average Bonchev–Trinajstić information content (AvgIpc) is 3.46. The van der Waals surface area contributed by atoms with Gasteiger partial charge in [0, 0.05) is 35.8 Å². The zero-order valence-electron chi connectivity index (χ0n) is 17.8. The van der Waals surface area contributed by atoms with Crippen molar-refractivity contribution in [1.29, 1.82) is 0 Å². The summed E-state index contributed by atoms with van der Waals surface area (Å²) in [4.78, 5) is 12.7. The molecule has 160 valence electrons. The Kier molecular flexibility index (Phi) is 5.10. The molecular formula is C24H22FN7. The molecule has 0 bridgehead atoms. The Morgan fingerprint density at radius 3 is 2.59 bits per heavy atom. The van der Waals surface area contributed by atoms with Gasteiger partial charge < -0.3 is 9.88 Å². The van der Waals surface area contributed by atoms with Crippen LogP contribution in [0.4, 0.5) is 10.2 Å². The minimum absolute atomic E-state index is 0.197. The van der Waals surface area contributed by atoms with Crippen LogP contribution in [0.15, 0.2) is 67.5 Å². The normalized spacial score (nSPS) is 11.2. The average molecular weight is 427 g/mol. The van der Waals surface area contributed by atoms with E-state index in [9.17, 15) is 4.39 Å². The highest BCUT2D eigenvalue weighted by atomic mass is 19.1. The summed E-state index contributed by atoms with van der Waals surface area (Å²) in [5.41, 5.74) is 5.48. The lowest BCUT2D eigenvalue weighted by Gasteiger charge is -2.11. The number of hydrogen-bond acceptors (Lipinski definition) is 5. The SMILES string of the molecule is Cc1ccc(F)c2c1cc(C)n2CCNc1cc(-c2ccc(-n3cncn3)cc2)ncn1. The number of anilines is 1. The number of benzene rings is 2. The van der Waals surface area contributed by atoms with Gasteiger partial charge in [-0.2, -0.15) is 5.10 Å². The largest absolute Gasteiger partial charge is 0.368 e. The van der Waals surface area contributed by atoms with Gasteiger partial charge in [0.1, 0.15) is 30.6 Å². The molecule has 0 unspecified atom stereocenters. The highest BCUT2D eigenvalue weighted by Crippen LogP contribution is 2.26. The van der Waals surface area contributed by atoms with E-state index >= 15 is 0 Å². The number of fused-ring (bicyclic) bond motifs is 1. The van der Waals surface area contributed by atoms with Crippen LogP contribution in [0.25, 0.3) is 27.8 Å². The summed E-state index contributed by atoms with van der Waals surface area (Å²) < 4.78 is 18.2. The third-order valence-corrected chi connectivity index (χ3v) is 5.59. The van der Waals surface area contributed by atoms with Gasteiger partial charge >= 0.3 is 0 Å². The highest BCUT2D eigenvalue weighted by Gasteiger charge is 2.12. The van der Waals surface area contributed by atoms with Crippen molar-refractivity contribution in [1.82, 2.24) is 29.3 Å². The zero-order valence-corrected chi connectivity index (χ0v) is 17.8. The second-order valence-electron chi connectivity index (χ2n) is 7.67. The van der Waals surface area contributed by atoms with Crippen LogP contribution in [0, 0.1) is 19.7 Å². The van der Waals surface area contributed by atoms with Crippen LogP contribution < -0.4 is 5.32 Å². The van der Waals surface area contributed by atoms with E-state index in [0.717, 1.165) is 39.4 Å². The maximum Gasteiger partial charge on any atom is 0.147 e. The summed E-state index contributed by atoms with van der Waals surface area (Å²) in [6, 6.07) is 15.2. The minimum atomic E-state index is -0.197. The van der Waals surface area contributed by atoms with E-state index in [0.29, 0.717) is 18.6 Å². The van der Waals surface area contributed by atoms with Crippen LogP contribution in [-0.4, -0.2) is 35.8 Å². The summed E-state index contributed by atoms with van der Waals surface area (Å²) in [5.74, 6) is 0.526. The molecule has 7 nitrogen and oxygen atoms in total. The third-order valence-electron chi connectivity index (χ3n) is 5.59. The Morgan fingerprint density at radius 2 is 1.81 bits per heavy atom. The van der Waals surface area contributed by atoms with Crippen molar-refractivity contribution < 1.29 is 4.39 Å². The van der Waals surface area contributed by atoms with Gasteiger partial charge in [0.2, 0.25) is 0 Å². The number of hydrogen-bond donors (Lipinski definition) is 1. The van der Waals surface area contributed by atoms with Gasteiger partial charge in [-0.25, -0.2) is 24.0 Å². The van der Waals surface area contributed by atoms with E-state index in [1.807, 2.05) is 60.9 Å². The van der Waals surface area contributed by atoms with Crippen molar-refractivity contribution in [2.24, 2.45) is 0 Å². The first-order valence-electron chi connectivity index (χ1n) is 10.4. The first kappa shape index (κ1) is 19.9. The van der Waals surface area contributed by atoms with Crippen LogP contribution in [0.2, 0.25) is 0 Å². The predicted molar refractivity (Wildman–Crippen MR) is 122 cm³/mol. The van der Waals surface area contributed by atoms with Gasteiger partial charge in [-0.3, -0.25) is 0 Å². The van der Waals surface area contributed by atoms with Crippen molar-refractivity contribution >= 4 is 16.7 Å². The molecule has 8 heteroatoms. The van der Waals surface area contributed by atoms with E-state index in [1.165, 1.54) is 12.4 Å². The molecule has 0 fully saturated rings. The summed E-state index contributed by atoms with van der Waals surface area (Å²) in [7, 11) is 0. The second kappa shape index (κ2) is 8.22. The molecule has 0 radical (unpaired) electrons. The minimum Gasteiger partial charge on any atom is -0.368 e. The van der Waals surface area contributed by atoms with Crippen LogP contribution >= 0.6 is 0 Å². The number of aromatic nitrogens is 6. The number of aryl methyl sites for hydroxylation is 2. The molecule has 0 atom stereocenters. The van der Waals surface area contributed by atoms with Gasteiger partial charge in [0.25, 0.3) is 0 Å². The molecule has 0 amide bonds. The van der Waals surface area contributed by atoms with E-state index in [2.05, 4.69) is 25.4 Å². The topological polar surface area (TPSA) is 73.5 Å². The maximum atomic E-state index is 14.5. The monoisotopic (exact) mass is 427 g/mol. The molecule has 0 saturated carbocycles. The molecule has 5 rings (SSSR count). The maximum absolute atomic E-state index is 14.5. The Morgan fingerprint density at radius 1 is 0.969 bits per heavy atom. The van der Waals surface area contributed by atoms with Crippen LogP contribution in [0.3, 0.4) is 0 Å². The van der Waals surface area contributed by atoms with Crippen LogP contribution in [0.1, 0.15) is 11.3 Å². The Bertz CT molecular complexity index is 1370. The van der Waals surface area contributed by atoms with Crippen molar-refractivity contribution in [3.05, 3.63) is 84.6 Å². The molecule has 2 aromatic carbocycles. The van der Waals surface area contributed by atoms with E-state index in [4.69, 9.17) is 0 Å². The quantitative estimate of drug-likeness (QED) is 0.430. The molecule has 0 aliphatic rings. The summed E-state index contributed by atoms with van der Waals surface area (Å²) in [5, 5.41) is 8.43. The Balaban J connectivity index is 1.31. The molecule has 3 heterocycles. The van der Waals surface area contributed by atoms with E-state index < -0.39 is 0 Å². The standard InChI is InChI=1S/C24H22FN7/c1-16-3-8-21(25)24-20(16)11-17(2)31(24)10-9-27-23-12-22(28-14-29-23)18-4-6-19(7-5-18)32-15-26-13-30-32/h3-8,11-15H,9-10H2,1-2H3,(H,27,28,29). The van der Waals surface area contributed by atoms with Crippen molar-refractivity contribution in [2.75, 3.05) is 11.9 Å². The van der Waals surface area contributed by atoms with Gasteiger partial charge in [-0.1, -0.05) is 18.2 Å². The molecule has 1 N–H and O–H groups in total. The fourth-order valence-corrected chi connectivity index (χ4v) is 3.92. The smallest absolute Gasteiger partial charge is 0.147 e. The van der Waals surface area contributed by atoms with Crippen molar-refractivity contribution in [3.63, 3.8) is 0 Å². The van der Waals surface area contributed by atoms with E-state index in [1.54, 1.807) is 17.3 Å². The van der Waals surface area contributed by atoms with Gasteiger partial charge in [0.05, 0.1) is 16.9 Å². The molecule has 5 aromatic rings. The lowest BCUT2D eigenvalue weighted by molar-refractivity contribution is 0.621.